The topological polar surface area (TPSA) is 104 Å². The van der Waals surface area contributed by atoms with Crippen LogP contribution in [0.1, 0.15) is 34.7 Å². The van der Waals surface area contributed by atoms with Gasteiger partial charge >= 0.3 is 0 Å². The van der Waals surface area contributed by atoms with Crippen molar-refractivity contribution in [3.8, 4) is 22.8 Å². The number of ether oxygens (including phenoxy) is 2. The predicted molar refractivity (Wildman–Crippen MR) is 102 cm³/mol. The minimum atomic E-state index is -0.652. The van der Waals surface area contributed by atoms with Crippen LogP contribution in [0.5, 0.6) is 11.6 Å². The van der Waals surface area contributed by atoms with Crippen molar-refractivity contribution in [1.82, 2.24) is 15.0 Å². The van der Waals surface area contributed by atoms with Gasteiger partial charge in [0.2, 0.25) is 0 Å². The zero-order chi connectivity index (χ0) is 20.7. The fraction of sp³-hybridized carbons (Fsp3) is 0.250. The van der Waals surface area contributed by atoms with Gasteiger partial charge in [-0.25, -0.2) is 9.37 Å². The Labute approximate surface area is 166 Å². The second kappa shape index (κ2) is 7.08. The van der Waals surface area contributed by atoms with Crippen molar-refractivity contribution in [2.24, 2.45) is 0 Å². The first kappa shape index (κ1) is 18.7. The monoisotopic (exact) mass is 398 g/mol. The smallest absolute Gasteiger partial charge is 0.262 e. The number of halogens is 1. The third-order valence-corrected chi connectivity index (χ3v) is 4.81. The van der Waals surface area contributed by atoms with Gasteiger partial charge in [-0.2, -0.15) is 0 Å². The van der Waals surface area contributed by atoms with Crippen LogP contribution in [-0.4, -0.2) is 35.1 Å². The van der Waals surface area contributed by atoms with Crippen LogP contribution < -0.4 is 15.2 Å². The zero-order valence-corrected chi connectivity index (χ0v) is 16.1. The number of aromatic nitrogens is 2. The Kier molecular flexibility index (Phi) is 4.57. The molecule has 2 aromatic heterocycles. The van der Waals surface area contributed by atoms with E-state index in [-0.39, 0.29) is 24.1 Å². The summed E-state index contributed by atoms with van der Waals surface area (Å²) < 4.78 is 30.6. The van der Waals surface area contributed by atoms with Gasteiger partial charge in [0.15, 0.2) is 17.3 Å². The molecule has 150 valence electrons. The SMILES string of the molecule is COc1noc2c1-c1cnc(N)c(c1)O[C@H](C)c1cc(F)ccc1C(=O)N(C)C2. The number of nitrogens with zero attached hydrogens (tertiary/aromatic N) is 3. The lowest BCUT2D eigenvalue weighted by Gasteiger charge is -2.23. The number of benzene rings is 1. The molecule has 0 saturated heterocycles. The lowest BCUT2D eigenvalue weighted by atomic mass is 10.0. The molecule has 0 fully saturated rings. The molecule has 2 N–H and O–H groups in total. The van der Waals surface area contributed by atoms with E-state index in [0.29, 0.717) is 33.8 Å². The van der Waals surface area contributed by atoms with Gasteiger partial charge in [-0.05, 0) is 36.3 Å². The van der Waals surface area contributed by atoms with Crippen LogP contribution in [0.25, 0.3) is 11.1 Å². The predicted octanol–water partition coefficient (Wildman–Crippen LogP) is 3.19. The average Bonchev–Trinajstić information content (AvgIpc) is 3.10. The quantitative estimate of drug-likeness (QED) is 0.671. The summed E-state index contributed by atoms with van der Waals surface area (Å²) in [6, 6.07) is 5.66. The zero-order valence-electron chi connectivity index (χ0n) is 16.1. The molecule has 2 bridgehead atoms. The first-order valence-corrected chi connectivity index (χ1v) is 8.89. The summed E-state index contributed by atoms with van der Waals surface area (Å²) in [5, 5.41) is 3.93. The molecule has 29 heavy (non-hydrogen) atoms. The Morgan fingerprint density at radius 1 is 1.34 bits per heavy atom. The average molecular weight is 398 g/mol. The first-order valence-electron chi connectivity index (χ1n) is 8.89. The Bertz CT molecular complexity index is 1100. The van der Waals surface area contributed by atoms with Gasteiger partial charge in [-0.1, -0.05) is 0 Å². The van der Waals surface area contributed by atoms with Gasteiger partial charge < -0.3 is 24.6 Å². The van der Waals surface area contributed by atoms with Gasteiger partial charge in [-0.15, -0.1) is 0 Å². The van der Waals surface area contributed by atoms with Gasteiger partial charge in [0.05, 0.1) is 19.2 Å². The number of rotatable bonds is 1. The number of carbonyl (C=O) groups is 1. The van der Waals surface area contributed by atoms with Gasteiger partial charge in [0, 0.05) is 29.9 Å². The molecular weight excluding hydrogens is 379 g/mol. The fourth-order valence-electron chi connectivity index (χ4n) is 3.34. The molecule has 0 unspecified atom stereocenters. The van der Waals surface area contributed by atoms with Crippen molar-refractivity contribution in [2.45, 2.75) is 19.6 Å². The van der Waals surface area contributed by atoms with Gasteiger partial charge in [0.25, 0.3) is 11.8 Å². The normalized spacial score (nSPS) is 16.2. The highest BCUT2D eigenvalue weighted by atomic mass is 19.1. The maximum Gasteiger partial charge on any atom is 0.262 e. The van der Waals surface area contributed by atoms with Crippen LogP contribution in [-0.2, 0) is 6.54 Å². The molecule has 8 nitrogen and oxygen atoms in total. The Morgan fingerprint density at radius 2 is 2.14 bits per heavy atom. The van der Waals surface area contributed by atoms with E-state index < -0.39 is 11.9 Å². The van der Waals surface area contributed by atoms with E-state index in [9.17, 15) is 9.18 Å². The van der Waals surface area contributed by atoms with Crippen molar-refractivity contribution < 1.29 is 23.2 Å². The van der Waals surface area contributed by atoms with E-state index in [1.165, 1.54) is 30.2 Å². The van der Waals surface area contributed by atoms with Crippen LogP contribution in [0.2, 0.25) is 0 Å². The maximum absolute atomic E-state index is 13.9. The summed E-state index contributed by atoms with van der Waals surface area (Å²) in [6.07, 6.45) is 0.896. The van der Waals surface area contributed by atoms with Crippen LogP contribution in [0, 0.1) is 5.82 Å². The fourth-order valence-corrected chi connectivity index (χ4v) is 3.34. The standard InChI is InChI=1S/C20H19FN4O4/c1-10-14-7-12(21)4-5-13(14)20(26)25(2)9-16-17(19(27-3)24-29-16)11-6-15(28-10)18(22)23-8-11/h4-8,10H,9H2,1-3H3,(H2,22,23)/t10-/m1/s1. The number of amides is 1. The Balaban J connectivity index is 1.94. The van der Waals surface area contributed by atoms with Crippen molar-refractivity contribution in [3.63, 3.8) is 0 Å². The Hall–Kier alpha value is -3.62. The van der Waals surface area contributed by atoms with Gasteiger partial charge in [0.1, 0.15) is 11.9 Å². The number of methoxy groups -OCH3 is 1. The number of carbonyl (C=O) groups excluding carboxylic acids is 1. The van der Waals surface area contributed by atoms with Crippen molar-refractivity contribution >= 4 is 11.7 Å². The van der Waals surface area contributed by atoms with Crippen molar-refractivity contribution in [1.29, 1.82) is 0 Å². The van der Waals surface area contributed by atoms with Crippen molar-refractivity contribution in [2.75, 3.05) is 19.9 Å². The minimum Gasteiger partial charge on any atom is -0.482 e. The van der Waals surface area contributed by atoms with Crippen molar-refractivity contribution in [3.05, 3.63) is 53.2 Å². The molecule has 3 heterocycles. The van der Waals surface area contributed by atoms with E-state index in [1.807, 2.05) is 0 Å². The van der Waals surface area contributed by atoms with Gasteiger partial charge in [-0.3, -0.25) is 4.79 Å². The largest absolute Gasteiger partial charge is 0.482 e. The van der Waals surface area contributed by atoms with E-state index in [4.69, 9.17) is 19.7 Å². The van der Waals surface area contributed by atoms with Crippen LogP contribution >= 0.6 is 0 Å². The highest BCUT2D eigenvalue weighted by Crippen LogP contribution is 2.38. The summed E-state index contributed by atoms with van der Waals surface area (Å²) in [4.78, 5) is 18.7. The molecule has 1 amide bonds. The molecule has 0 aliphatic carbocycles. The molecule has 0 saturated carbocycles. The molecule has 3 aromatic rings. The third-order valence-electron chi connectivity index (χ3n) is 4.81. The summed E-state index contributed by atoms with van der Waals surface area (Å²) >= 11 is 0. The molecule has 1 aliphatic rings. The molecule has 1 aromatic carbocycles. The van der Waals surface area contributed by atoms with Crippen LogP contribution in [0.15, 0.2) is 35.0 Å². The number of pyridine rings is 1. The molecule has 9 heteroatoms. The number of anilines is 1. The lowest BCUT2D eigenvalue weighted by molar-refractivity contribution is 0.0767. The van der Waals surface area contributed by atoms with E-state index >= 15 is 0 Å². The number of hydrogen-bond acceptors (Lipinski definition) is 7. The summed E-state index contributed by atoms with van der Waals surface area (Å²) in [7, 11) is 3.09. The number of nitrogen functional groups attached to an aromatic ring is 1. The summed E-state index contributed by atoms with van der Waals surface area (Å²) in [6.45, 7) is 1.84. The highest BCUT2D eigenvalue weighted by Gasteiger charge is 2.27. The molecule has 1 aliphatic heterocycles. The lowest BCUT2D eigenvalue weighted by Crippen LogP contribution is -2.28. The molecule has 0 spiro atoms. The van der Waals surface area contributed by atoms with E-state index in [0.717, 1.165) is 0 Å². The maximum atomic E-state index is 13.9. The summed E-state index contributed by atoms with van der Waals surface area (Å²) in [5.41, 5.74) is 7.87. The number of hydrogen-bond donors (Lipinski definition) is 1. The van der Waals surface area contributed by atoms with E-state index in [1.54, 1.807) is 26.2 Å². The van der Waals surface area contributed by atoms with Crippen LogP contribution in [0.3, 0.4) is 0 Å². The minimum absolute atomic E-state index is 0.121. The van der Waals surface area contributed by atoms with Crippen LogP contribution in [0.4, 0.5) is 10.2 Å². The van der Waals surface area contributed by atoms with E-state index in [2.05, 4.69) is 10.1 Å². The summed E-state index contributed by atoms with van der Waals surface area (Å²) in [5.74, 6) is 0.339. The molecule has 0 radical (unpaired) electrons. The second-order valence-electron chi connectivity index (χ2n) is 6.75. The number of nitrogens with two attached hydrogens (primary N) is 1. The second-order valence-corrected chi connectivity index (χ2v) is 6.75. The highest BCUT2D eigenvalue weighted by molar-refractivity contribution is 5.95. The Morgan fingerprint density at radius 3 is 2.90 bits per heavy atom. The molecule has 1 atom stereocenters. The molecule has 4 rings (SSSR count). The molecular formula is C20H19FN4O4. The third kappa shape index (κ3) is 3.24. The first-order chi connectivity index (χ1) is 13.9. The number of fused-ring (bicyclic) bond motifs is 5.